The first kappa shape index (κ1) is 20.5. The fraction of sp³-hybridized carbons (Fsp3) is 0.318. The van der Waals surface area contributed by atoms with E-state index in [-0.39, 0.29) is 30.6 Å². The average Bonchev–Trinajstić information content (AvgIpc) is 2.97. The third-order valence-corrected chi connectivity index (χ3v) is 4.58. The zero-order valence-corrected chi connectivity index (χ0v) is 16.7. The van der Waals surface area contributed by atoms with Gasteiger partial charge in [-0.1, -0.05) is 6.07 Å². The van der Waals surface area contributed by atoms with Crippen LogP contribution in [0, 0.1) is 0 Å². The van der Waals surface area contributed by atoms with Crippen molar-refractivity contribution in [1.29, 1.82) is 0 Å². The van der Waals surface area contributed by atoms with Gasteiger partial charge in [-0.3, -0.25) is 14.6 Å². The summed E-state index contributed by atoms with van der Waals surface area (Å²) in [5, 5.41) is 10.9. The maximum Gasteiger partial charge on any atom is 0.295 e. The van der Waals surface area contributed by atoms with E-state index < -0.39 is 17.7 Å². The predicted molar refractivity (Wildman–Crippen MR) is 107 cm³/mol. The van der Waals surface area contributed by atoms with E-state index in [2.05, 4.69) is 4.98 Å². The second-order valence-electron chi connectivity index (χ2n) is 6.96. The number of methoxy groups -OCH3 is 1. The number of carbonyl (C=O) groups is 2. The molecule has 1 atom stereocenters. The second kappa shape index (κ2) is 8.87. The fourth-order valence-electron chi connectivity index (χ4n) is 3.30. The summed E-state index contributed by atoms with van der Waals surface area (Å²) in [6, 6.07) is 9.53. The number of ketones is 1. The highest BCUT2D eigenvalue weighted by atomic mass is 16.5. The van der Waals surface area contributed by atoms with Crippen molar-refractivity contribution in [3.63, 3.8) is 0 Å². The minimum Gasteiger partial charge on any atom is -0.507 e. The number of pyridine rings is 1. The molecule has 1 aromatic carbocycles. The van der Waals surface area contributed by atoms with Gasteiger partial charge in [0.1, 0.15) is 11.5 Å². The lowest BCUT2D eigenvalue weighted by Crippen LogP contribution is -2.32. The Morgan fingerprint density at radius 3 is 2.52 bits per heavy atom. The van der Waals surface area contributed by atoms with Gasteiger partial charge in [-0.05, 0) is 49.7 Å². The summed E-state index contributed by atoms with van der Waals surface area (Å²) in [4.78, 5) is 31.0. The van der Waals surface area contributed by atoms with Gasteiger partial charge in [-0.2, -0.15) is 0 Å². The average molecular weight is 396 g/mol. The molecule has 1 N–H and O–H groups in total. The van der Waals surface area contributed by atoms with Gasteiger partial charge in [0.2, 0.25) is 0 Å². The molecule has 1 amide bonds. The van der Waals surface area contributed by atoms with Crippen molar-refractivity contribution in [1.82, 2.24) is 9.88 Å². The summed E-state index contributed by atoms with van der Waals surface area (Å²) < 4.78 is 10.7. The maximum atomic E-state index is 12.8. The number of aliphatic hydroxyl groups is 1. The quantitative estimate of drug-likeness (QED) is 0.440. The molecule has 2 aromatic rings. The number of aliphatic hydroxyl groups excluding tert-OH is 1. The van der Waals surface area contributed by atoms with Crippen LogP contribution < -0.4 is 4.74 Å². The molecule has 7 heteroatoms. The number of likely N-dealkylation sites (tertiary alicyclic amines) is 1. The van der Waals surface area contributed by atoms with Crippen LogP contribution >= 0.6 is 0 Å². The molecule has 0 saturated carbocycles. The van der Waals surface area contributed by atoms with E-state index >= 15 is 0 Å². The highest BCUT2D eigenvalue weighted by molar-refractivity contribution is 6.46. The van der Waals surface area contributed by atoms with E-state index in [1.165, 1.54) is 12.0 Å². The van der Waals surface area contributed by atoms with E-state index in [1.807, 2.05) is 13.8 Å². The lowest BCUT2D eigenvalue weighted by Gasteiger charge is -2.24. The number of rotatable bonds is 7. The van der Waals surface area contributed by atoms with Crippen LogP contribution in [0.2, 0.25) is 0 Å². The zero-order chi connectivity index (χ0) is 21.0. The standard InChI is InChI=1S/C22H24N2O5/c1-14(2)29-17-8-6-15(7-9-17)20(25)18-19(16-5-4-10-23-13-16)24(11-12-28-3)22(27)21(18)26/h4-10,13-14,19,25H,11-12H2,1-3H3/b20-18+/t19-/m1/s1. The Labute approximate surface area is 169 Å². The van der Waals surface area contributed by atoms with Crippen LogP contribution in [0.25, 0.3) is 5.76 Å². The van der Waals surface area contributed by atoms with Crippen molar-refractivity contribution in [2.75, 3.05) is 20.3 Å². The maximum absolute atomic E-state index is 12.8. The first-order chi connectivity index (χ1) is 13.9. The first-order valence-electron chi connectivity index (χ1n) is 9.38. The van der Waals surface area contributed by atoms with Crippen LogP contribution in [0.4, 0.5) is 0 Å². The minimum absolute atomic E-state index is 0.0196. The normalized spacial score (nSPS) is 18.5. The summed E-state index contributed by atoms with van der Waals surface area (Å²) in [5.74, 6) is -0.971. The lowest BCUT2D eigenvalue weighted by atomic mass is 9.96. The first-order valence-corrected chi connectivity index (χ1v) is 9.38. The van der Waals surface area contributed by atoms with Crippen molar-refractivity contribution in [3.8, 4) is 5.75 Å². The Hall–Kier alpha value is -3.19. The molecule has 0 aliphatic carbocycles. The fourth-order valence-corrected chi connectivity index (χ4v) is 3.30. The Balaban J connectivity index is 2.05. The van der Waals surface area contributed by atoms with E-state index in [9.17, 15) is 14.7 Å². The molecular formula is C22H24N2O5. The molecular weight excluding hydrogens is 372 g/mol. The highest BCUT2D eigenvalue weighted by Gasteiger charge is 2.45. The number of hydrogen-bond donors (Lipinski definition) is 1. The van der Waals surface area contributed by atoms with Crippen LogP contribution in [0.5, 0.6) is 5.75 Å². The molecule has 0 spiro atoms. The molecule has 3 rings (SSSR count). The molecule has 29 heavy (non-hydrogen) atoms. The van der Waals surface area contributed by atoms with E-state index in [4.69, 9.17) is 9.47 Å². The van der Waals surface area contributed by atoms with Crippen LogP contribution in [0.1, 0.15) is 31.0 Å². The van der Waals surface area contributed by atoms with Crippen molar-refractivity contribution >= 4 is 17.4 Å². The summed E-state index contributed by atoms with van der Waals surface area (Å²) in [6.07, 6.45) is 3.22. The number of Topliss-reactive ketones (excluding diaryl/α,β-unsaturated/α-hetero) is 1. The summed E-state index contributed by atoms with van der Waals surface area (Å²) >= 11 is 0. The number of hydrogen-bond acceptors (Lipinski definition) is 6. The molecule has 0 unspecified atom stereocenters. The third-order valence-electron chi connectivity index (χ3n) is 4.58. The lowest BCUT2D eigenvalue weighted by molar-refractivity contribution is -0.140. The minimum atomic E-state index is -0.731. The van der Waals surface area contributed by atoms with Gasteiger partial charge >= 0.3 is 0 Å². The second-order valence-corrected chi connectivity index (χ2v) is 6.96. The van der Waals surface area contributed by atoms with Crippen LogP contribution in [-0.2, 0) is 14.3 Å². The van der Waals surface area contributed by atoms with Crippen LogP contribution in [0.3, 0.4) is 0 Å². The highest BCUT2D eigenvalue weighted by Crippen LogP contribution is 2.39. The van der Waals surface area contributed by atoms with Crippen LogP contribution in [-0.4, -0.2) is 53.0 Å². The third kappa shape index (κ3) is 4.30. The van der Waals surface area contributed by atoms with Crippen molar-refractivity contribution in [3.05, 3.63) is 65.5 Å². The van der Waals surface area contributed by atoms with Crippen molar-refractivity contribution in [2.24, 2.45) is 0 Å². The molecule has 1 aliphatic heterocycles. The molecule has 152 valence electrons. The van der Waals surface area contributed by atoms with Crippen LogP contribution in [0.15, 0.2) is 54.4 Å². The molecule has 0 radical (unpaired) electrons. The van der Waals surface area contributed by atoms with Gasteiger partial charge in [-0.25, -0.2) is 0 Å². The molecule has 1 aromatic heterocycles. The zero-order valence-electron chi connectivity index (χ0n) is 16.7. The van der Waals surface area contributed by atoms with Gasteiger partial charge in [0.05, 0.1) is 24.3 Å². The number of nitrogens with zero attached hydrogens (tertiary/aromatic N) is 2. The topological polar surface area (TPSA) is 89.0 Å². The number of ether oxygens (including phenoxy) is 2. The van der Waals surface area contributed by atoms with E-state index in [0.29, 0.717) is 16.9 Å². The van der Waals surface area contributed by atoms with E-state index in [1.54, 1.807) is 48.8 Å². The summed E-state index contributed by atoms with van der Waals surface area (Å²) in [5.41, 5.74) is 1.11. The van der Waals surface area contributed by atoms with Gasteiger partial charge < -0.3 is 19.5 Å². The van der Waals surface area contributed by atoms with Gasteiger partial charge in [0.25, 0.3) is 11.7 Å². The summed E-state index contributed by atoms with van der Waals surface area (Å²) in [7, 11) is 1.52. The number of carbonyl (C=O) groups excluding carboxylic acids is 2. The molecule has 7 nitrogen and oxygen atoms in total. The predicted octanol–water partition coefficient (Wildman–Crippen LogP) is 2.94. The molecule has 2 heterocycles. The van der Waals surface area contributed by atoms with Gasteiger partial charge in [-0.15, -0.1) is 0 Å². The molecule has 1 saturated heterocycles. The van der Waals surface area contributed by atoms with Crippen molar-refractivity contribution in [2.45, 2.75) is 26.0 Å². The van der Waals surface area contributed by atoms with Crippen molar-refractivity contribution < 1.29 is 24.2 Å². The van der Waals surface area contributed by atoms with E-state index in [0.717, 1.165) is 0 Å². The Kier molecular flexibility index (Phi) is 6.29. The molecule has 1 aliphatic rings. The van der Waals surface area contributed by atoms with Gasteiger partial charge in [0.15, 0.2) is 0 Å². The Bertz CT molecular complexity index is 907. The van der Waals surface area contributed by atoms with Gasteiger partial charge in [0, 0.05) is 31.6 Å². The molecule has 1 fully saturated rings. The number of benzene rings is 1. The monoisotopic (exact) mass is 396 g/mol. The smallest absolute Gasteiger partial charge is 0.295 e. The summed E-state index contributed by atoms with van der Waals surface area (Å²) in [6.45, 7) is 4.33. The molecule has 0 bridgehead atoms. The number of aromatic nitrogens is 1. The SMILES string of the molecule is COCCN1C(=O)C(=O)/C(=C(/O)c2ccc(OC(C)C)cc2)[C@H]1c1cccnc1. The largest absolute Gasteiger partial charge is 0.507 e. The Morgan fingerprint density at radius 2 is 1.93 bits per heavy atom. The Morgan fingerprint density at radius 1 is 1.21 bits per heavy atom. The number of amides is 1.